The molecule has 0 spiro atoms. The maximum absolute atomic E-state index is 13.6. The van der Waals surface area contributed by atoms with Gasteiger partial charge < -0.3 is 10.2 Å². The third-order valence-corrected chi connectivity index (χ3v) is 3.76. The summed E-state index contributed by atoms with van der Waals surface area (Å²) in [4.78, 5) is 2.29. The van der Waals surface area contributed by atoms with Crippen molar-refractivity contribution in [1.82, 2.24) is 10.2 Å². The Morgan fingerprint density at radius 3 is 2.63 bits per heavy atom. The van der Waals surface area contributed by atoms with Gasteiger partial charge in [0.15, 0.2) is 0 Å². The molecule has 1 aliphatic heterocycles. The third-order valence-electron chi connectivity index (χ3n) is 3.45. The summed E-state index contributed by atoms with van der Waals surface area (Å²) in [6.07, 6.45) is 0.610. The van der Waals surface area contributed by atoms with Gasteiger partial charge in [0.1, 0.15) is 0 Å². The summed E-state index contributed by atoms with van der Waals surface area (Å²) in [7, 11) is 0. The van der Waals surface area contributed by atoms with Gasteiger partial charge in [0, 0.05) is 45.2 Å². The van der Waals surface area contributed by atoms with Crippen LogP contribution >= 0.6 is 11.6 Å². The van der Waals surface area contributed by atoms with E-state index in [0.717, 1.165) is 39.6 Å². The minimum atomic E-state index is -2.89. The molecule has 1 N–H and O–H groups in total. The molecule has 1 aromatic carbocycles. The second-order valence-corrected chi connectivity index (χ2v) is 5.41. The van der Waals surface area contributed by atoms with Crippen LogP contribution in [0.15, 0.2) is 18.2 Å². The fourth-order valence-electron chi connectivity index (χ4n) is 2.48. The van der Waals surface area contributed by atoms with Crippen LogP contribution < -0.4 is 5.32 Å². The Balaban J connectivity index is 2.09. The Morgan fingerprint density at radius 1 is 1.32 bits per heavy atom. The zero-order chi connectivity index (χ0) is 13.9. The van der Waals surface area contributed by atoms with Crippen LogP contribution in [-0.4, -0.2) is 37.6 Å². The lowest BCUT2D eigenvalue weighted by Gasteiger charge is -2.27. The number of hydrogen-bond acceptors (Lipinski definition) is 2. The highest BCUT2D eigenvalue weighted by Gasteiger charge is 2.30. The van der Waals surface area contributed by atoms with E-state index in [2.05, 4.69) is 10.2 Å². The van der Waals surface area contributed by atoms with Gasteiger partial charge in [0.25, 0.3) is 5.92 Å². The van der Waals surface area contributed by atoms with Gasteiger partial charge in [-0.15, -0.1) is 0 Å². The van der Waals surface area contributed by atoms with E-state index in [0.29, 0.717) is 12.0 Å². The highest BCUT2D eigenvalue weighted by Crippen LogP contribution is 2.35. The van der Waals surface area contributed by atoms with Crippen molar-refractivity contribution >= 4 is 11.6 Å². The van der Waals surface area contributed by atoms with Crippen molar-refractivity contribution in [3.8, 4) is 0 Å². The van der Waals surface area contributed by atoms with Crippen molar-refractivity contribution in [2.45, 2.75) is 19.3 Å². The molecule has 0 aliphatic carbocycles. The van der Waals surface area contributed by atoms with Crippen molar-refractivity contribution < 1.29 is 8.78 Å². The quantitative estimate of drug-likeness (QED) is 0.916. The van der Waals surface area contributed by atoms with E-state index in [1.54, 1.807) is 12.1 Å². The average Bonchev–Trinajstić information content (AvgIpc) is 2.36. The molecule has 0 aromatic heterocycles. The maximum atomic E-state index is 13.6. The van der Waals surface area contributed by atoms with Crippen molar-refractivity contribution in [2.75, 3.05) is 32.7 Å². The van der Waals surface area contributed by atoms with E-state index in [9.17, 15) is 8.78 Å². The fraction of sp³-hybridized carbons (Fsp3) is 0.571. The molecule has 106 valence electrons. The molecule has 1 fully saturated rings. The standard InChI is InChI=1S/C14H19ClF2N2/c1-14(16,17)13-11(3-2-4-12(13)15)5-8-19-9-6-18-7-10-19/h2-4,18H,5-10H2,1H3. The summed E-state index contributed by atoms with van der Waals surface area (Å²) in [6, 6.07) is 5.02. The molecule has 0 radical (unpaired) electrons. The monoisotopic (exact) mass is 288 g/mol. The first-order valence-electron chi connectivity index (χ1n) is 6.57. The summed E-state index contributed by atoms with van der Waals surface area (Å²) in [6.45, 7) is 5.57. The topological polar surface area (TPSA) is 15.3 Å². The number of rotatable bonds is 4. The first kappa shape index (κ1) is 14.7. The van der Waals surface area contributed by atoms with Crippen molar-refractivity contribution in [2.24, 2.45) is 0 Å². The summed E-state index contributed by atoms with van der Waals surface area (Å²) in [5.41, 5.74) is 0.630. The Hall–Kier alpha value is -0.710. The normalized spacial score (nSPS) is 17.7. The highest BCUT2D eigenvalue weighted by molar-refractivity contribution is 6.31. The predicted octanol–water partition coefficient (Wildman–Crippen LogP) is 2.90. The summed E-state index contributed by atoms with van der Waals surface area (Å²) < 4.78 is 27.3. The zero-order valence-corrected chi connectivity index (χ0v) is 11.8. The van der Waals surface area contributed by atoms with Crippen molar-refractivity contribution in [3.63, 3.8) is 0 Å². The molecule has 2 nitrogen and oxygen atoms in total. The van der Waals surface area contributed by atoms with Gasteiger partial charge in [-0.05, 0) is 18.1 Å². The Bertz CT molecular complexity index is 426. The van der Waals surface area contributed by atoms with Crippen LogP contribution in [0.4, 0.5) is 8.78 Å². The Morgan fingerprint density at radius 2 is 2.00 bits per heavy atom. The molecule has 0 amide bonds. The smallest absolute Gasteiger partial charge is 0.272 e. The first-order valence-corrected chi connectivity index (χ1v) is 6.95. The van der Waals surface area contributed by atoms with Gasteiger partial charge in [-0.1, -0.05) is 23.7 Å². The molecule has 0 bridgehead atoms. The number of alkyl halides is 2. The van der Waals surface area contributed by atoms with E-state index >= 15 is 0 Å². The summed E-state index contributed by atoms with van der Waals surface area (Å²) in [5, 5.41) is 3.43. The minimum Gasteiger partial charge on any atom is -0.314 e. The van der Waals surface area contributed by atoms with Crippen LogP contribution in [0.2, 0.25) is 5.02 Å². The van der Waals surface area contributed by atoms with Gasteiger partial charge in [-0.25, -0.2) is 8.78 Å². The molecule has 5 heteroatoms. The molecule has 2 rings (SSSR count). The van der Waals surface area contributed by atoms with Crippen LogP contribution in [0.5, 0.6) is 0 Å². The van der Waals surface area contributed by atoms with Gasteiger partial charge in [-0.2, -0.15) is 0 Å². The first-order chi connectivity index (χ1) is 8.98. The molecule has 0 saturated carbocycles. The second kappa shape index (κ2) is 6.16. The van der Waals surface area contributed by atoms with Gasteiger partial charge >= 0.3 is 0 Å². The number of halogens is 3. The van der Waals surface area contributed by atoms with E-state index < -0.39 is 5.92 Å². The Kier molecular flexibility index (Phi) is 4.76. The Labute approximate surface area is 117 Å². The molecule has 0 unspecified atom stereocenters. The van der Waals surface area contributed by atoms with Crippen LogP contribution in [0, 0.1) is 0 Å². The van der Waals surface area contributed by atoms with Crippen molar-refractivity contribution in [3.05, 3.63) is 34.3 Å². The van der Waals surface area contributed by atoms with E-state index in [4.69, 9.17) is 11.6 Å². The van der Waals surface area contributed by atoms with Crippen LogP contribution in [0.3, 0.4) is 0 Å². The SMILES string of the molecule is CC(F)(F)c1c(Cl)cccc1CCN1CCNCC1. The van der Waals surface area contributed by atoms with E-state index in [-0.39, 0.29) is 10.6 Å². The van der Waals surface area contributed by atoms with Crippen LogP contribution in [-0.2, 0) is 12.3 Å². The zero-order valence-electron chi connectivity index (χ0n) is 11.1. The van der Waals surface area contributed by atoms with Crippen molar-refractivity contribution in [1.29, 1.82) is 0 Å². The van der Waals surface area contributed by atoms with Gasteiger partial charge in [0.05, 0.1) is 5.02 Å². The molecule has 1 heterocycles. The predicted molar refractivity (Wildman–Crippen MR) is 74.0 cm³/mol. The number of piperazine rings is 1. The molecule has 0 atom stereocenters. The summed E-state index contributed by atoms with van der Waals surface area (Å²) >= 11 is 5.93. The molecule has 1 saturated heterocycles. The maximum Gasteiger partial charge on any atom is 0.272 e. The van der Waals surface area contributed by atoms with E-state index in [1.807, 2.05) is 0 Å². The lowest BCUT2D eigenvalue weighted by molar-refractivity contribution is 0.0165. The number of benzene rings is 1. The largest absolute Gasteiger partial charge is 0.314 e. The lowest BCUT2D eigenvalue weighted by Crippen LogP contribution is -2.44. The third kappa shape index (κ3) is 3.88. The number of nitrogens with one attached hydrogen (secondary N) is 1. The van der Waals surface area contributed by atoms with Gasteiger partial charge in [-0.3, -0.25) is 0 Å². The number of nitrogens with zero attached hydrogens (tertiary/aromatic N) is 1. The van der Waals surface area contributed by atoms with Gasteiger partial charge in [0.2, 0.25) is 0 Å². The molecule has 1 aromatic rings. The highest BCUT2D eigenvalue weighted by atomic mass is 35.5. The van der Waals surface area contributed by atoms with Crippen LogP contribution in [0.25, 0.3) is 0 Å². The lowest BCUT2D eigenvalue weighted by atomic mass is 9.99. The molecular weight excluding hydrogens is 270 g/mol. The fourth-order valence-corrected chi connectivity index (χ4v) is 2.84. The molecule has 19 heavy (non-hydrogen) atoms. The average molecular weight is 289 g/mol. The number of hydrogen-bond donors (Lipinski definition) is 1. The minimum absolute atomic E-state index is 0.0215. The molecular formula is C14H19ClF2N2. The van der Waals surface area contributed by atoms with E-state index in [1.165, 1.54) is 6.07 Å². The second-order valence-electron chi connectivity index (χ2n) is 5.00. The molecule has 1 aliphatic rings. The van der Waals surface area contributed by atoms with Crippen LogP contribution in [0.1, 0.15) is 18.1 Å². The summed E-state index contributed by atoms with van der Waals surface area (Å²) in [5.74, 6) is -2.89.